The van der Waals surface area contributed by atoms with Crippen molar-refractivity contribution in [3.63, 3.8) is 0 Å². The normalized spacial score (nSPS) is 11.7. The Morgan fingerprint density at radius 2 is 2.00 bits per heavy atom. The summed E-state index contributed by atoms with van der Waals surface area (Å²) in [6.45, 7) is 2.01. The average molecular weight is 346 g/mol. The molecule has 0 radical (unpaired) electrons. The van der Waals surface area contributed by atoms with Gasteiger partial charge in [-0.3, -0.25) is 4.98 Å². The highest BCUT2D eigenvalue weighted by Crippen LogP contribution is 2.34. The minimum atomic E-state index is -1.21. The van der Waals surface area contributed by atoms with Crippen LogP contribution in [0, 0.1) is 0 Å². The number of aromatic nitrogens is 2. The number of carbonyl (C=O) groups is 1. The molecule has 1 atom stereocenters. The Balaban J connectivity index is 0.00000208. The second-order valence-electron chi connectivity index (χ2n) is 5.35. The number of anilines is 1. The molecule has 1 unspecified atom stereocenters. The van der Waals surface area contributed by atoms with Crippen molar-refractivity contribution in [1.82, 2.24) is 9.97 Å². The third-order valence-corrected chi connectivity index (χ3v) is 3.85. The second-order valence-corrected chi connectivity index (χ2v) is 5.35. The first kappa shape index (κ1) is 17.5. The van der Waals surface area contributed by atoms with Gasteiger partial charge in [-0.2, -0.15) is 0 Å². The van der Waals surface area contributed by atoms with Crippen molar-refractivity contribution in [2.45, 2.75) is 12.8 Å². The number of rotatable bonds is 3. The molecule has 0 aliphatic heterocycles. The van der Waals surface area contributed by atoms with E-state index >= 15 is 0 Å². The summed E-state index contributed by atoms with van der Waals surface area (Å²) >= 11 is 0. The van der Waals surface area contributed by atoms with Gasteiger partial charge in [0.1, 0.15) is 5.75 Å². The van der Waals surface area contributed by atoms with E-state index < -0.39 is 5.97 Å². The minimum Gasteiger partial charge on any atom is -0.507 e. The summed E-state index contributed by atoms with van der Waals surface area (Å²) in [5.41, 5.74) is 8.30. The number of carboxylic acids is 1. The smallest absolute Gasteiger partial charge is 0.354 e. The van der Waals surface area contributed by atoms with Crippen LogP contribution in [0.15, 0.2) is 42.7 Å². The lowest BCUT2D eigenvalue weighted by atomic mass is 9.92. The number of aromatic carboxylic acids is 1. The Bertz CT molecular complexity index is 900. The van der Waals surface area contributed by atoms with Crippen LogP contribution in [0.25, 0.3) is 10.9 Å². The number of hydrogen-bond acceptors (Lipinski definition) is 5. The Morgan fingerprint density at radius 1 is 1.25 bits per heavy atom. The molecule has 2 heterocycles. The van der Waals surface area contributed by atoms with Crippen LogP contribution in [0.4, 0.5) is 5.69 Å². The molecule has 0 bridgehead atoms. The van der Waals surface area contributed by atoms with Gasteiger partial charge in [0.15, 0.2) is 5.69 Å². The third kappa shape index (κ3) is 3.09. The minimum absolute atomic E-state index is 0. The van der Waals surface area contributed by atoms with E-state index in [9.17, 15) is 9.90 Å². The maximum Gasteiger partial charge on any atom is 0.354 e. The average Bonchev–Trinajstić information content (AvgIpc) is 2.55. The lowest BCUT2D eigenvalue weighted by Gasteiger charge is -2.15. The lowest BCUT2D eigenvalue weighted by Crippen LogP contribution is -2.03. The fourth-order valence-corrected chi connectivity index (χ4v) is 2.54. The molecule has 0 saturated heterocycles. The van der Waals surface area contributed by atoms with E-state index in [-0.39, 0.29) is 35.3 Å². The predicted octanol–water partition coefficient (Wildman–Crippen LogP) is 3.19. The topological polar surface area (TPSA) is 109 Å². The summed E-state index contributed by atoms with van der Waals surface area (Å²) in [4.78, 5) is 19.2. The van der Waals surface area contributed by atoms with Gasteiger partial charge in [-0.05, 0) is 29.3 Å². The molecule has 6 nitrogen and oxygen atoms in total. The van der Waals surface area contributed by atoms with Gasteiger partial charge >= 0.3 is 5.97 Å². The van der Waals surface area contributed by atoms with Crippen LogP contribution in [0.3, 0.4) is 0 Å². The Hall–Kier alpha value is -2.86. The zero-order valence-corrected chi connectivity index (χ0v) is 13.6. The number of fused-ring (bicyclic) bond motifs is 1. The number of nitrogen functional groups attached to an aromatic ring is 1. The van der Waals surface area contributed by atoms with Gasteiger partial charge in [0, 0.05) is 29.8 Å². The fraction of sp³-hybridized carbons (Fsp3) is 0.118. The quantitative estimate of drug-likeness (QED) is 0.629. The summed E-state index contributed by atoms with van der Waals surface area (Å²) in [5, 5.41) is 19.6. The number of aromatic hydroxyl groups is 1. The van der Waals surface area contributed by atoms with Crippen molar-refractivity contribution < 1.29 is 15.0 Å². The highest BCUT2D eigenvalue weighted by atomic mass is 35.5. The van der Waals surface area contributed by atoms with Crippen LogP contribution < -0.4 is 5.73 Å². The van der Waals surface area contributed by atoms with Crippen molar-refractivity contribution in [1.29, 1.82) is 0 Å². The van der Waals surface area contributed by atoms with Crippen LogP contribution in [-0.2, 0) is 0 Å². The molecule has 0 amide bonds. The standard InChI is InChI=1S/C17H15N3O3.ClH/c1-9(10-3-2-4-19-8-10)11-5-12-15(21)7-14(17(22)23)20-16(12)13(18)6-11;/h2-9H,18H2,1H3,(H,20,21)(H,22,23);1H. The molecule has 4 N–H and O–H groups in total. The van der Waals surface area contributed by atoms with Crippen LogP contribution in [0.2, 0.25) is 0 Å². The van der Waals surface area contributed by atoms with Gasteiger partial charge in [-0.25, -0.2) is 9.78 Å². The fourth-order valence-electron chi connectivity index (χ4n) is 2.54. The summed E-state index contributed by atoms with van der Waals surface area (Å²) < 4.78 is 0. The zero-order chi connectivity index (χ0) is 16.6. The molecular weight excluding hydrogens is 330 g/mol. The first-order valence-electron chi connectivity index (χ1n) is 7.03. The molecule has 0 aliphatic carbocycles. The number of nitrogens with zero attached hydrogens (tertiary/aromatic N) is 2. The molecule has 0 spiro atoms. The molecule has 24 heavy (non-hydrogen) atoms. The molecule has 0 fully saturated rings. The molecular formula is C17H16ClN3O3. The second kappa shape index (κ2) is 6.72. The number of carboxylic acid groups (broad SMARTS) is 1. The highest BCUT2D eigenvalue weighted by Gasteiger charge is 2.16. The highest BCUT2D eigenvalue weighted by molar-refractivity contribution is 5.98. The van der Waals surface area contributed by atoms with Gasteiger partial charge in [0.05, 0.1) is 11.2 Å². The van der Waals surface area contributed by atoms with E-state index in [1.807, 2.05) is 19.1 Å². The number of benzene rings is 1. The van der Waals surface area contributed by atoms with Gasteiger partial charge in [-0.15, -0.1) is 12.4 Å². The van der Waals surface area contributed by atoms with Crippen molar-refractivity contribution in [2.75, 3.05) is 5.73 Å². The Labute approximate surface area is 144 Å². The predicted molar refractivity (Wildman–Crippen MR) is 93.8 cm³/mol. The molecule has 0 aliphatic rings. The van der Waals surface area contributed by atoms with Gasteiger partial charge < -0.3 is 15.9 Å². The van der Waals surface area contributed by atoms with E-state index in [1.54, 1.807) is 24.5 Å². The van der Waals surface area contributed by atoms with E-state index in [4.69, 9.17) is 10.8 Å². The summed E-state index contributed by atoms with van der Waals surface area (Å²) in [6.07, 6.45) is 3.48. The molecule has 3 aromatic rings. The summed E-state index contributed by atoms with van der Waals surface area (Å²) in [7, 11) is 0. The van der Waals surface area contributed by atoms with Crippen LogP contribution in [-0.4, -0.2) is 26.2 Å². The van der Waals surface area contributed by atoms with Gasteiger partial charge in [0.25, 0.3) is 0 Å². The van der Waals surface area contributed by atoms with Crippen LogP contribution >= 0.6 is 12.4 Å². The maximum absolute atomic E-state index is 11.0. The summed E-state index contributed by atoms with van der Waals surface area (Å²) in [6, 6.07) is 8.47. The molecule has 0 saturated carbocycles. The van der Waals surface area contributed by atoms with Crippen molar-refractivity contribution >= 4 is 35.0 Å². The van der Waals surface area contributed by atoms with E-state index in [0.717, 1.165) is 17.2 Å². The first-order chi connectivity index (χ1) is 11.0. The maximum atomic E-state index is 11.0. The lowest BCUT2D eigenvalue weighted by molar-refractivity contribution is 0.0690. The Kier molecular flexibility index (Phi) is 4.90. The third-order valence-electron chi connectivity index (χ3n) is 3.85. The van der Waals surface area contributed by atoms with E-state index in [2.05, 4.69) is 9.97 Å². The van der Waals surface area contributed by atoms with Crippen molar-refractivity contribution in [2.24, 2.45) is 0 Å². The number of hydrogen-bond donors (Lipinski definition) is 3. The SMILES string of the molecule is CC(c1cccnc1)c1cc(N)c2nc(C(=O)O)cc(O)c2c1.Cl. The number of halogens is 1. The van der Waals surface area contributed by atoms with E-state index in [1.165, 1.54) is 0 Å². The molecule has 3 rings (SSSR count). The molecule has 7 heteroatoms. The number of nitrogens with two attached hydrogens (primary N) is 1. The van der Waals surface area contributed by atoms with Crippen LogP contribution in [0.1, 0.15) is 34.5 Å². The van der Waals surface area contributed by atoms with Crippen molar-refractivity contribution in [3.8, 4) is 5.75 Å². The molecule has 124 valence electrons. The largest absolute Gasteiger partial charge is 0.507 e. The number of pyridine rings is 2. The molecule has 2 aromatic heterocycles. The van der Waals surface area contributed by atoms with Crippen molar-refractivity contribution in [3.05, 3.63) is 59.5 Å². The van der Waals surface area contributed by atoms with Gasteiger partial charge in [-0.1, -0.05) is 13.0 Å². The van der Waals surface area contributed by atoms with Crippen LogP contribution in [0.5, 0.6) is 5.75 Å². The summed E-state index contributed by atoms with van der Waals surface area (Å²) in [5.74, 6) is -1.34. The zero-order valence-electron chi connectivity index (χ0n) is 12.8. The molecule has 1 aromatic carbocycles. The monoisotopic (exact) mass is 345 g/mol. The first-order valence-corrected chi connectivity index (χ1v) is 7.03. The van der Waals surface area contributed by atoms with Gasteiger partial charge in [0.2, 0.25) is 0 Å². The Morgan fingerprint density at radius 3 is 2.62 bits per heavy atom. The van der Waals surface area contributed by atoms with E-state index in [0.29, 0.717) is 11.1 Å².